The van der Waals surface area contributed by atoms with Gasteiger partial charge in [-0.05, 0) is 11.6 Å². The summed E-state index contributed by atoms with van der Waals surface area (Å²) in [7, 11) is 0. The number of anilines is 1. The Morgan fingerprint density at radius 1 is 0.833 bits per heavy atom. The fraction of sp³-hybridized carbons (Fsp3) is 0.0667. The number of nitrogens with two attached hydrogens (primary N) is 1. The molecule has 1 atom stereocenters. The summed E-state index contributed by atoms with van der Waals surface area (Å²) in [6.07, 6.45) is 0. The summed E-state index contributed by atoms with van der Waals surface area (Å²) >= 11 is 0. The van der Waals surface area contributed by atoms with E-state index < -0.39 is 5.92 Å². The van der Waals surface area contributed by atoms with E-state index in [0.29, 0.717) is 16.8 Å². The molecular weight excluding hydrogens is 226 g/mol. The van der Waals surface area contributed by atoms with Crippen molar-refractivity contribution in [3.8, 4) is 0 Å². The van der Waals surface area contributed by atoms with Crippen LogP contribution in [0.2, 0.25) is 0 Å². The van der Waals surface area contributed by atoms with Crippen molar-refractivity contribution in [2.24, 2.45) is 0 Å². The average Bonchev–Trinajstić information content (AvgIpc) is 2.64. The van der Waals surface area contributed by atoms with Gasteiger partial charge in [-0.25, -0.2) is 0 Å². The van der Waals surface area contributed by atoms with Crippen LogP contribution in [0, 0.1) is 0 Å². The van der Waals surface area contributed by atoms with Crippen molar-refractivity contribution in [1.82, 2.24) is 0 Å². The summed E-state index contributed by atoms with van der Waals surface area (Å²) in [5.41, 5.74) is 7.71. The molecule has 3 nitrogen and oxygen atoms in total. The van der Waals surface area contributed by atoms with E-state index >= 15 is 0 Å². The molecule has 1 aliphatic carbocycles. The van der Waals surface area contributed by atoms with Gasteiger partial charge in [-0.2, -0.15) is 0 Å². The molecule has 2 aromatic carbocycles. The topological polar surface area (TPSA) is 60.2 Å². The maximum atomic E-state index is 12.3. The Balaban J connectivity index is 2.17. The molecule has 3 rings (SSSR count). The lowest BCUT2D eigenvalue weighted by Crippen LogP contribution is -2.12. The molecule has 0 radical (unpaired) electrons. The normalized spacial score (nSPS) is 17.9. The zero-order valence-corrected chi connectivity index (χ0v) is 9.59. The van der Waals surface area contributed by atoms with Gasteiger partial charge in [-0.1, -0.05) is 42.5 Å². The third kappa shape index (κ3) is 1.37. The minimum absolute atomic E-state index is 0.159. The number of Topliss-reactive ketones (excluding diaryl/α,β-unsaturated/α-hetero) is 2. The van der Waals surface area contributed by atoms with Crippen molar-refractivity contribution >= 4 is 17.3 Å². The lowest BCUT2D eigenvalue weighted by molar-refractivity contribution is 0.0890. The number of hydrogen-bond acceptors (Lipinski definition) is 3. The van der Waals surface area contributed by atoms with Gasteiger partial charge in [0.25, 0.3) is 0 Å². The number of benzene rings is 2. The molecule has 0 saturated heterocycles. The van der Waals surface area contributed by atoms with Crippen LogP contribution < -0.4 is 5.73 Å². The molecule has 2 N–H and O–H groups in total. The first kappa shape index (κ1) is 10.7. The highest BCUT2D eigenvalue weighted by Gasteiger charge is 2.40. The van der Waals surface area contributed by atoms with Crippen LogP contribution in [-0.2, 0) is 0 Å². The first-order valence-electron chi connectivity index (χ1n) is 5.72. The molecule has 0 fully saturated rings. The van der Waals surface area contributed by atoms with Crippen LogP contribution in [0.15, 0.2) is 48.5 Å². The van der Waals surface area contributed by atoms with Gasteiger partial charge in [0.1, 0.15) is 5.92 Å². The standard InChI is InChI=1S/C15H11NO2/c16-11-8-4-7-10-13(11)15(18)12(14(10)17)9-5-2-1-3-6-9/h1-8,12H,16H2. The summed E-state index contributed by atoms with van der Waals surface area (Å²) < 4.78 is 0. The molecular formula is C15H11NO2. The Labute approximate surface area is 104 Å². The highest BCUT2D eigenvalue weighted by atomic mass is 16.2. The number of fused-ring (bicyclic) bond motifs is 1. The van der Waals surface area contributed by atoms with Crippen LogP contribution in [0.4, 0.5) is 5.69 Å². The summed E-state index contributed by atoms with van der Waals surface area (Å²) in [6, 6.07) is 14.1. The lowest BCUT2D eigenvalue weighted by Gasteiger charge is -2.06. The second-order valence-corrected chi connectivity index (χ2v) is 4.34. The van der Waals surface area contributed by atoms with E-state index in [2.05, 4.69) is 0 Å². The van der Waals surface area contributed by atoms with Gasteiger partial charge in [0, 0.05) is 11.3 Å². The van der Waals surface area contributed by atoms with E-state index in [1.54, 1.807) is 30.3 Å². The van der Waals surface area contributed by atoms with E-state index in [1.807, 2.05) is 18.2 Å². The Morgan fingerprint density at radius 3 is 2.22 bits per heavy atom. The van der Waals surface area contributed by atoms with Crippen LogP contribution in [0.3, 0.4) is 0 Å². The zero-order chi connectivity index (χ0) is 12.7. The van der Waals surface area contributed by atoms with Gasteiger partial charge in [-0.3, -0.25) is 9.59 Å². The second kappa shape index (κ2) is 3.81. The van der Waals surface area contributed by atoms with E-state index in [9.17, 15) is 9.59 Å². The van der Waals surface area contributed by atoms with Gasteiger partial charge in [0.15, 0.2) is 11.6 Å². The van der Waals surface area contributed by atoms with Crippen LogP contribution in [0.25, 0.3) is 0 Å². The molecule has 18 heavy (non-hydrogen) atoms. The summed E-state index contributed by atoms with van der Waals surface area (Å²) in [4.78, 5) is 24.6. The lowest BCUT2D eigenvalue weighted by atomic mass is 9.94. The van der Waals surface area contributed by atoms with E-state index in [0.717, 1.165) is 5.56 Å². The Bertz CT molecular complexity index is 647. The molecule has 2 aromatic rings. The molecule has 0 amide bonds. The third-order valence-corrected chi connectivity index (χ3v) is 3.27. The molecule has 88 valence electrons. The third-order valence-electron chi connectivity index (χ3n) is 3.27. The van der Waals surface area contributed by atoms with Crippen LogP contribution >= 0.6 is 0 Å². The van der Waals surface area contributed by atoms with E-state index in [-0.39, 0.29) is 11.6 Å². The second-order valence-electron chi connectivity index (χ2n) is 4.34. The van der Waals surface area contributed by atoms with Gasteiger partial charge in [-0.15, -0.1) is 0 Å². The number of hydrogen-bond donors (Lipinski definition) is 1. The molecule has 0 bridgehead atoms. The first-order valence-corrected chi connectivity index (χ1v) is 5.72. The number of ketones is 2. The first-order chi connectivity index (χ1) is 8.70. The van der Waals surface area contributed by atoms with Gasteiger partial charge >= 0.3 is 0 Å². The van der Waals surface area contributed by atoms with Crippen molar-refractivity contribution in [3.63, 3.8) is 0 Å². The zero-order valence-electron chi connectivity index (χ0n) is 9.59. The summed E-state index contributed by atoms with van der Waals surface area (Å²) in [5.74, 6) is -1.08. The monoisotopic (exact) mass is 237 g/mol. The maximum Gasteiger partial charge on any atom is 0.180 e. The van der Waals surface area contributed by atoms with Crippen molar-refractivity contribution in [2.75, 3.05) is 5.73 Å². The fourth-order valence-electron chi connectivity index (χ4n) is 2.42. The van der Waals surface area contributed by atoms with Crippen molar-refractivity contribution < 1.29 is 9.59 Å². The quantitative estimate of drug-likeness (QED) is 0.612. The van der Waals surface area contributed by atoms with Crippen LogP contribution in [-0.4, -0.2) is 11.6 Å². The molecule has 0 heterocycles. The van der Waals surface area contributed by atoms with Gasteiger partial charge in [0.05, 0.1) is 5.56 Å². The molecule has 0 aliphatic heterocycles. The molecule has 1 aliphatic rings. The van der Waals surface area contributed by atoms with Crippen LogP contribution in [0.5, 0.6) is 0 Å². The number of rotatable bonds is 1. The average molecular weight is 237 g/mol. The largest absolute Gasteiger partial charge is 0.398 e. The van der Waals surface area contributed by atoms with E-state index in [1.165, 1.54) is 0 Å². The SMILES string of the molecule is Nc1cccc2c1C(=O)C(c1ccccc1)C2=O. The Kier molecular flexibility index (Phi) is 2.27. The molecule has 1 unspecified atom stereocenters. The molecule has 0 saturated carbocycles. The highest BCUT2D eigenvalue weighted by molar-refractivity contribution is 6.31. The van der Waals surface area contributed by atoms with Gasteiger partial charge < -0.3 is 5.73 Å². The maximum absolute atomic E-state index is 12.3. The molecule has 3 heteroatoms. The fourth-order valence-corrected chi connectivity index (χ4v) is 2.42. The summed E-state index contributed by atoms with van der Waals surface area (Å²) in [6.45, 7) is 0. The minimum Gasteiger partial charge on any atom is -0.398 e. The summed E-state index contributed by atoms with van der Waals surface area (Å²) in [5, 5.41) is 0. The van der Waals surface area contributed by atoms with Crippen molar-refractivity contribution in [2.45, 2.75) is 5.92 Å². The highest BCUT2D eigenvalue weighted by Crippen LogP contribution is 2.36. The minimum atomic E-state index is -0.731. The van der Waals surface area contributed by atoms with Gasteiger partial charge in [0.2, 0.25) is 0 Å². The number of nitrogen functional groups attached to an aromatic ring is 1. The van der Waals surface area contributed by atoms with Crippen LogP contribution in [0.1, 0.15) is 32.2 Å². The van der Waals surface area contributed by atoms with Crippen molar-refractivity contribution in [3.05, 3.63) is 65.2 Å². The predicted molar refractivity (Wildman–Crippen MR) is 68.7 cm³/mol. The van der Waals surface area contributed by atoms with E-state index in [4.69, 9.17) is 5.73 Å². The number of carbonyl (C=O) groups excluding carboxylic acids is 2. The molecule has 0 aromatic heterocycles. The Hall–Kier alpha value is -2.42. The smallest absolute Gasteiger partial charge is 0.180 e. The predicted octanol–water partition coefficient (Wildman–Crippen LogP) is 2.43. The van der Waals surface area contributed by atoms with Crippen molar-refractivity contribution in [1.29, 1.82) is 0 Å². The molecule has 0 spiro atoms. The number of carbonyl (C=O) groups is 2. The Morgan fingerprint density at radius 2 is 1.56 bits per heavy atom.